The van der Waals surface area contributed by atoms with Crippen LogP contribution in [0.1, 0.15) is 134 Å². The second kappa shape index (κ2) is 20.9. The van der Waals surface area contributed by atoms with Crippen molar-refractivity contribution in [1.29, 1.82) is 0 Å². The molecule has 0 aromatic heterocycles. The summed E-state index contributed by atoms with van der Waals surface area (Å²) >= 11 is 0. The number of hydrogen-bond donors (Lipinski definition) is 1. The average molecular weight is 684 g/mol. The fourth-order valence-corrected chi connectivity index (χ4v) is 6.42. The monoisotopic (exact) mass is 683 g/mol. The van der Waals surface area contributed by atoms with Crippen molar-refractivity contribution in [1.82, 2.24) is 5.32 Å². The number of carbonyl (C=O) groups is 4. The van der Waals surface area contributed by atoms with Gasteiger partial charge in [0.25, 0.3) is 5.91 Å². The normalized spacial score (nSPS) is 18.3. The van der Waals surface area contributed by atoms with E-state index in [4.69, 9.17) is 14.2 Å². The zero-order valence-corrected chi connectivity index (χ0v) is 29.5. The Balaban J connectivity index is 1.42. The van der Waals surface area contributed by atoms with Gasteiger partial charge >= 0.3 is 17.9 Å². The smallest absolute Gasteiger partial charge is 0.340 e. The fourth-order valence-electron chi connectivity index (χ4n) is 6.42. The van der Waals surface area contributed by atoms with Gasteiger partial charge in [-0.25, -0.2) is 14.4 Å². The fraction of sp³-hybridized carbons (Fsp3) is 0.476. The lowest BCUT2D eigenvalue weighted by Gasteiger charge is -2.32. The van der Waals surface area contributed by atoms with Crippen LogP contribution in [0.15, 0.2) is 91.0 Å². The van der Waals surface area contributed by atoms with Gasteiger partial charge in [0.1, 0.15) is 12.7 Å². The predicted octanol–water partition coefficient (Wildman–Crippen LogP) is 9.03. The molecule has 50 heavy (non-hydrogen) atoms. The zero-order chi connectivity index (χ0) is 35.4. The van der Waals surface area contributed by atoms with Crippen molar-refractivity contribution in [3.8, 4) is 0 Å². The van der Waals surface area contributed by atoms with Crippen molar-refractivity contribution in [2.45, 2.75) is 121 Å². The minimum absolute atomic E-state index is 0.278. The zero-order valence-electron chi connectivity index (χ0n) is 29.5. The lowest BCUT2D eigenvalue weighted by Crippen LogP contribution is -2.64. The second-order valence-corrected chi connectivity index (χ2v) is 13.3. The number of nitrogens with one attached hydrogen (secondary N) is 1. The molecule has 1 amide bonds. The topological polar surface area (TPSA) is 108 Å². The number of esters is 3. The summed E-state index contributed by atoms with van der Waals surface area (Å²) in [4.78, 5) is 54.0. The maximum atomic E-state index is 13.9. The van der Waals surface area contributed by atoms with Crippen LogP contribution in [-0.4, -0.2) is 48.2 Å². The lowest BCUT2D eigenvalue weighted by molar-refractivity contribution is -0.147. The minimum atomic E-state index is -1.97. The molecular weight excluding hydrogens is 630 g/mol. The van der Waals surface area contributed by atoms with Crippen LogP contribution in [0.5, 0.6) is 0 Å². The van der Waals surface area contributed by atoms with Gasteiger partial charge in [0.2, 0.25) is 5.54 Å². The van der Waals surface area contributed by atoms with Crippen molar-refractivity contribution < 1.29 is 33.4 Å². The third-order valence-electron chi connectivity index (χ3n) is 9.34. The van der Waals surface area contributed by atoms with Crippen LogP contribution in [0.3, 0.4) is 0 Å². The molecule has 1 fully saturated rings. The van der Waals surface area contributed by atoms with E-state index in [0.29, 0.717) is 6.42 Å². The molecule has 1 aliphatic heterocycles. The number of benzene rings is 3. The molecule has 0 radical (unpaired) electrons. The number of ether oxygens (including phenoxy) is 3. The van der Waals surface area contributed by atoms with E-state index in [1.165, 1.54) is 64.2 Å². The van der Waals surface area contributed by atoms with Crippen molar-refractivity contribution in [3.05, 3.63) is 108 Å². The molecule has 0 unspecified atom stereocenters. The molecule has 1 heterocycles. The maximum absolute atomic E-state index is 13.9. The van der Waals surface area contributed by atoms with Crippen molar-refractivity contribution in [3.63, 3.8) is 0 Å². The van der Waals surface area contributed by atoms with Crippen LogP contribution >= 0.6 is 0 Å². The van der Waals surface area contributed by atoms with Crippen molar-refractivity contribution in [2.75, 3.05) is 6.61 Å². The molecule has 4 rings (SSSR count). The summed E-state index contributed by atoms with van der Waals surface area (Å²) in [5, 5.41) is 2.79. The van der Waals surface area contributed by atoms with Crippen LogP contribution in [0.4, 0.5) is 0 Å². The molecule has 1 aliphatic rings. The summed E-state index contributed by atoms with van der Waals surface area (Å²) in [6.45, 7) is 1.66. The first-order valence-electron chi connectivity index (χ1n) is 18.5. The van der Waals surface area contributed by atoms with Crippen LogP contribution in [-0.2, 0) is 19.0 Å². The summed E-state index contributed by atoms with van der Waals surface area (Å²) in [5.74, 6) is -2.76. The van der Waals surface area contributed by atoms with E-state index in [2.05, 4.69) is 12.2 Å². The van der Waals surface area contributed by atoms with Gasteiger partial charge in [0.15, 0.2) is 6.10 Å². The number of amides is 1. The third kappa shape index (κ3) is 11.6. The Bertz CT molecular complexity index is 1460. The highest BCUT2D eigenvalue weighted by Crippen LogP contribution is 2.34. The number of cyclic esters (lactones) is 1. The Morgan fingerprint density at radius 3 is 1.56 bits per heavy atom. The molecule has 0 spiro atoms. The van der Waals surface area contributed by atoms with Gasteiger partial charge in [-0.1, -0.05) is 145 Å². The molecule has 268 valence electrons. The largest absolute Gasteiger partial charge is 0.459 e. The first-order chi connectivity index (χ1) is 24.4. The van der Waals surface area contributed by atoms with E-state index in [1.54, 1.807) is 91.0 Å². The van der Waals surface area contributed by atoms with Gasteiger partial charge in [-0.2, -0.15) is 0 Å². The average Bonchev–Trinajstić information content (AvgIpc) is 3.40. The van der Waals surface area contributed by atoms with E-state index in [9.17, 15) is 19.2 Å². The molecule has 8 nitrogen and oxygen atoms in total. The Morgan fingerprint density at radius 1 is 0.620 bits per heavy atom. The van der Waals surface area contributed by atoms with E-state index >= 15 is 0 Å². The Morgan fingerprint density at radius 2 is 1.06 bits per heavy atom. The van der Waals surface area contributed by atoms with Gasteiger partial charge in [0.05, 0.1) is 11.1 Å². The lowest BCUT2D eigenvalue weighted by atomic mass is 9.89. The molecule has 3 aromatic carbocycles. The first-order valence-corrected chi connectivity index (χ1v) is 18.5. The molecule has 8 heteroatoms. The number of hydrogen-bond acceptors (Lipinski definition) is 7. The summed E-state index contributed by atoms with van der Waals surface area (Å²) < 4.78 is 17.6. The van der Waals surface area contributed by atoms with Gasteiger partial charge in [0, 0.05) is 5.56 Å². The van der Waals surface area contributed by atoms with Gasteiger partial charge < -0.3 is 19.5 Å². The summed E-state index contributed by atoms with van der Waals surface area (Å²) in [6, 6.07) is 25.2. The number of carbonyl (C=O) groups excluding carboxylic acids is 4. The summed E-state index contributed by atoms with van der Waals surface area (Å²) in [5.41, 5.74) is -1.12. The molecule has 1 N–H and O–H groups in total. The first kappa shape index (κ1) is 38.3. The van der Waals surface area contributed by atoms with Crippen LogP contribution in [0, 0.1) is 0 Å². The SMILES string of the molecule is CCCCCCCCCCCCCCCC[C@H]1OC(=O)[C@@](COC(=O)c2ccccc2)(NC(=O)c2ccccc2)[C@H]1OC(=O)c1ccccc1. The van der Waals surface area contributed by atoms with Gasteiger partial charge in [-0.05, 0) is 49.2 Å². The highest BCUT2D eigenvalue weighted by atomic mass is 16.6. The maximum Gasteiger partial charge on any atom is 0.340 e. The number of rotatable bonds is 22. The van der Waals surface area contributed by atoms with E-state index in [1.807, 2.05) is 0 Å². The standard InChI is InChI=1S/C42H53NO7/c1-2-3-4-5-6-7-8-9-10-11-12-13-14-24-31-36-37(50-40(46)35-29-22-17-23-30-35)42(41(47)49-36,43-38(44)33-25-18-15-19-26-33)32-48-39(45)34-27-20-16-21-28-34/h15-23,25-30,36-37H,2-14,24,31-32H2,1H3,(H,43,44)/t36-,37+,42+/m1/s1. The molecule has 0 aliphatic carbocycles. The quantitative estimate of drug-likeness (QED) is 0.0640. The van der Waals surface area contributed by atoms with E-state index in [-0.39, 0.29) is 16.7 Å². The molecule has 1 saturated heterocycles. The molecule has 3 aromatic rings. The van der Waals surface area contributed by atoms with Gasteiger partial charge in [-0.15, -0.1) is 0 Å². The summed E-state index contributed by atoms with van der Waals surface area (Å²) in [6.07, 6.45) is 15.3. The summed E-state index contributed by atoms with van der Waals surface area (Å²) in [7, 11) is 0. The van der Waals surface area contributed by atoms with Gasteiger partial charge in [-0.3, -0.25) is 4.79 Å². The van der Waals surface area contributed by atoms with E-state index in [0.717, 1.165) is 25.7 Å². The predicted molar refractivity (Wildman–Crippen MR) is 194 cm³/mol. The highest BCUT2D eigenvalue weighted by Gasteiger charge is 2.62. The van der Waals surface area contributed by atoms with Crippen LogP contribution < -0.4 is 5.32 Å². The minimum Gasteiger partial charge on any atom is -0.459 e. The molecular formula is C42H53NO7. The molecule has 0 saturated carbocycles. The highest BCUT2D eigenvalue weighted by molar-refractivity contribution is 6.00. The van der Waals surface area contributed by atoms with Crippen LogP contribution in [0.2, 0.25) is 0 Å². The molecule has 0 bridgehead atoms. The third-order valence-corrected chi connectivity index (χ3v) is 9.34. The van der Waals surface area contributed by atoms with Crippen molar-refractivity contribution >= 4 is 23.8 Å². The van der Waals surface area contributed by atoms with Crippen molar-refractivity contribution in [2.24, 2.45) is 0 Å². The second-order valence-electron chi connectivity index (χ2n) is 13.3. The Labute approximate surface area is 297 Å². The van der Waals surface area contributed by atoms with Crippen LogP contribution in [0.25, 0.3) is 0 Å². The molecule has 3 atom stereocenters. The number of unbranched alkanes of at least 4 members (excludes halogenated alkanes) is 13. The van der Waals surface area contributed by atoms with E-state index < -0.39 is 48.2 Å². The Kier molecular flexibility index (Phi) is 16.0. The Hall–Kier alpha value is -4.46.